The summed E-state index contributed by atoms with van der Waals surface area (Å²) < 4.78 is 17.0. The first kappa shape index (κ1) is 24.4. The zero-order valence-electron chi connectivity index (χ0n) is 18.4. The lowest BCUT2D eigenvalue weighted by Crippen LogP contribution is -2.39. The van der Waals surface area contributed by atoms with Crippen LogP contribution >= 0.6 is 0 Å². The van der Waals surface area contributed by atoms with Crippen molar-refractivity contribution in [3.8, 4) is 0 Å². The van der Waals surface area contributed by atoms with Crippen molar-refractivity contribution in [3.05, 3.63) is 22.1 Å². The number of aromatic nitrogens is 2. The first-order valence-corrected chi connectivity index (χ1v) is 9.31. The number of alkyl carbamates (subject to hydrolysis) is 1. The fourth-order valence-electron chi connectivity index (χ4n) is 2.13. The molecule has 1 heterocycles. The van der Waals surface area contributed by atoms with Crippen molar-refractivity contribution in [2.75, 3.05) is 11.9 Å². The van der Waals surface area contributed by atoms with Crippen LogP contribution in [0.2, 0.25) is 0 Å². The molecule has 0 aliphatic carbocycles. The van der Waals surface area contributed by atoms with Crippen molar-refractivity contribution in [1.82, 2.24) is 15.1 Å². The van der Waals surface area contributed by atoms with Gasteiger partial charge in [0.1, 0.15) is 16.9 Å². The predicted molar refractivity (Wildman–Crippen MR) is 108 cm³/mol. The molecule has 0 radical (unpaired) electrons. The maximum atomic E-state index is 12.2. The number of hydrogen-bond donors (Lipinski definition) is 2. The third kappa shape index (κ3) is 9.93. The quantitative estimate of drug-likeness (QED) is 0.736. The summed E-state index contributed by atoms with van der Waals surface area (Å²) in [7, 11) is 1.47. The third-order valence-corrected chi connectivity index (χ3v) is 3.13. The van der Waals surface area contributed by atoms with Crippen molar-refractivity contribution < 1.29 is 23.8 Å². The lowest BCUT2D eigenvalue weighted by atomic mass is 10.2. The first-order valence-electron chi connectivity index (χ1n) is 9.31. The lowest BCUT2D eigenvalue weighted by molar-refractivity contribution is 0.0439. The van der Waals surface area contributed by atoms with Crippen molar-refractivity contribution in [2.24, 2.45) is 7.05 Å². The molecule has 1 rings (SSSR count). The van der Waals surface area contributed by atoms with E-state index >= 15 is 0 Å². The van der Waals surface area contributed by atoms with E-state index in [0.717, 1.165) is 4.68 Å². The van der Waals surface area contributed by atoms with Crippen molar-refractivity contribution in [2.45, 2.75) is 72.3 Å². The molecule has 0 aliphatic rings. The molecule has 1 aromatic heterocycles. The minimum atomic E-state index is -0.733. The van der Waals surface area contributed by atoms with Crippen molar-refractivity contribution in [1.29, 1.82) is 0 Å². The smallest absolute Gasteiger partial charge is 0.412 e. The molecule has 2 N–H and O–H groups in total. The summed E-state index contributed by atoms with van der Waals surface area (Å²) in [5.74, 6) is 0. The molecule has 164 valence electrons. The summed E-state index contributed by atoms with van der Waals surface area (Å²) in [5, 5.41) is 9.19. The van der Waals surface area contributed by atoms with Crippen LogP contribution in [0.15, 0.2) is 10.9 Å². The minimum absolute atomic E-state index is 0.0373. The summed E-state index contributed by atoms with van der Waals surface area (Å²) in [6.07, 6.45) is -1.26. The van der Waals surface area contributed by atoms with E-state index in [9.17, 15) is 14.4 Å². The molecule has 0 saturated carbocycles. The summed E-state index contributed by atoms with van der Waals surface area (Å²) >= 11 is 0. The predicted octanol–water partition coefficient (Wildman–Crippen LogP) is 2.56. The number of carbonyl (C=O) groups excluding carboxylic acids is 2. The number of ether oxygens (including phenoxy) is 3. The van der Waals surface area contributed by atoms with Crippen LogP contribution in [-0.2, 0) is 27.9 Å². The van der Waals surface area contributed by atoms with Gasteiger partial charge in [-0.15, -0.1) is 0 Å². The average Bonchev–Trinajstić information content (AvgIpc) is 2.48. The highest BCUT2D eigenvalue weighted by Gasteiger charge is 2.19. The Labute approximate surface area is 170 Å². The largest absolute Gasteiger partial charge is 0.444 e. The number of amides is 2. The molecule has 29 heavy (non-hydrogen) atoms. The van der Waals surface area contributed by atoms with Gasteiger partial charge in [-0.3, -0.25) is 10.1 Å². The number of nitrogens with one attached hydrogen (secondary N) is 2. The first-order chi connectivity index (χ1) is 13.2. The monoisotopic (exact) mass is 412 g/mol. The molecule has 1 aromatic rings. The zero-order chi connectivity index (χ0) is 22.4. The van der Waals surface area contributed by atoms with E-state index in [1.807, 2.05) is 0 Å². The number of rotatable bonds is 6. The van der Waals surface area contributed by atoms with Crippen molar-refractivity contribution in [3.63, 3.8) is 0 Å². The Bertz CT molecular complexity index is 776. The van der Waals surface area contributed by atoms with Gasteiger partial charge in [-0.1, -0.05) is 0 Å². The van der Waals surface area contributed by atoms with Crippen LogP contribution in [0.3, 0.4) is 0 Å². The lowest BCUT2D eigenvalue weighted by Gasteiger charge is -2.22. The molecule has 10 nitrogen and oxygen atoms in total. The van der Waals surface area contributed by atoms with Crippen LogP contribution in [0.4, 0.5) is 15.3 Å². The number of aryl methyl sites for hydroxylation is 1. The Morgan fingerprint density at radius 2 is 1.66 bits per heavy atom. The summed E-state index contributed by atoms with van der Waals surface area (Å²) in [5.41, 5.74) is -1.27. The van der Waals surface area contributed by atoms with Crippen LogP contribution in [-0.4, -0.2) is 45.8 Å². The Morgan fingerprint density at radius 3 is 2.21 bits per heavy atom. The van der Waals surface area contributed by atoms with E-state index in [1.165, 1.54) is 13.1 Å². The number of nitrogens with zero attached hydrogens (tertiary/aromatic N) is 2. The normalized spacial score (nSPS) is 12.8. The summed E-state index contributed by atoms with van der Waals surface area (Å²) in [6.45, 7) is 12.6. The fourth-order valence-corrected chi connectivity index (χ4v) is 2.13. The van der Waals surface area contributed by atoms with Crippen LogP contribution in [0.25, 0.3) is 0 Å². The number of carbonyl (C=O) groups is 2. The van der Waals surface area contributed by atoms with Gasteiger partial charge in [0.05, 0.1) is 24.9 Å². The molecule has 0 unspecified atom stereocenters. The van der Waals surface area contributed by atoms with Crippen LogP contribution in [0.5, 0.6) is 0 Å². The van der Waals surface area contributed by atoms with Crippen LogP contribution in [0.1, 0.15) is 54.2 Å². The van der Waals surface area contributed by atoms with Gasteiger partial charge >= 0.3 is 12.2 Å². The van der Waals surface area contributed by atoms with E-state index in [4.69, 9.17) is 14.2 Å². The maximum absolute atomic E-state index is 12.2. The standard InChI is InChI=1S/C19H32N4O6/c1-12(20-16(25)28-18(2,3)4)10-27-11-13-9-14(15(24)23(8)22-13)21-17(26)29-19(5,6)7/h9,12H,10-11H2,1-8H3,(H,20,25)(H,21,26)/t12-/m1/s1. The maximum Gasteiger partial charge on any atom is 0.412 e. The van der Waals surface area contributed by atoms with Gasteiger partial charge in [0.2, 0.25) is 0 Å². The number of hydrogen-bond acceptors (Lipinski definition) is 7. The second-order valence-electron chi connectivity index (χ2n) is 8.67. The highest BCUT2D eigenvalue weighted by atomic mass is 16.6. The van der Waals surface area contributed by atoms with E-state index < -0.39 is 28.9 Å². The Kier molecular flexibility index (Phi) is 8.19. The van der Waals surface area contributed by atoms with Gasteiger partial charge in [-0.05, 0) is 54.5 Å². The molecule has 0 aliphatic heterocycles. The number of anilines is 1. The van der Waals surface area contributed by atoms with E-state index in [2.05, 4.69) is 15.7 Å². The Balaban J connectivity index is 2.65. The molecule has 10 heteroatoms. The third-order valence-electron chi connectivity index (χ3n) is 3.13. The zero-order valence-corrected chi connectivity index (χ0v) is 18.4. The molecule has 0 fully saturated rings. The summed E-state index contributed by atoms with van der Waals surface area (Å²) in [4.78, 5) is 35.8. The van der Waals surface area contributed by atoms with E-state index in [0.29, 0.717) is 5.69 Å². The molecule has 2 amide bonds. The molecule has 0 aromatic carbocycles. The minimum Gasteiger partial charge on any atom is -0.444 e. The molecule has 0 spiro atoms. The van der Waals surface area contributed by atoms with Gasteiger partial charge in [-0.25, -0.2) is 14.3 Å². The molecular formula is C19H32N4O6. The molecule has 0 saturated heterocycles. The second-order valence-corrected chi connectivity index (χ2v) is 8.67. The molecule has 0 bridgehead atoms. The topological polar surface area (TPSA) is 121 Å². The van der Waals surface area contributed by atoms with Crippen LogP contribution in [0, 0.1) is 0 Å². The fraction of sp³-hybridized carbons (Fsp3) is 0.684. The van der Waals surface area contributed by atoms with Gasteiger partial charge in [0.25, 0.3) is 5.56 Å². The second kappa shape index (κ2) is 9.73. The van der Waals surface area contributed by atoms with Gasteiger partial charge in [0, 0.05) is 7.05 Å². The highest BCUT2D eigenvalue weighted by molar-refractivity contribution is 5.84. The Morgan fingerprint density at radius 1 is 1.10 bits per heavy atom. The van der Waals surface area contributed by atoms with E-state index in [-0.39, 0.29) is 24.9 Å². The SMILES string of the molecule is C[C@H](COCc1cc(NC(=O)OC(C)(C)C)c(=O)n(C)n1)NC(=O)OC(C)(C)C. The van der Waals surface area contributed by atoms with E-state index in [1.54, 1.807) is 48.5 Å². The summed E-state index contributed by atoms with van der Waals surface area (Å²) in [6, 6.07) is 1.13. The Hall–Kier alpha value is -2.62. The van der Waals surface area contributed by atoms with Gasteiger partial charge < -0.3 is 19.5 Å². The van der Waals surface area contributed by atoms with Crippen molar-refractivity contribution >= 4 is 17.9 Å². The van der Waals surface area contributed by atoms with Gasteiger partial charge in [-0.2, -0.15) is 5.10 Å². The average molecular weight is 412 g/mol. The highest BCUT2D eigenvalue weighted by Crippen LogP contribution is 2.10. The van der Waals surface area contributed by atoms with Crippen LogP contribution < -0.4 is 16.2 Å². The van der Waals surface area contributed by atoms with Gasteiger partial charge in [0.15, 0.2) is 0 Å². The molecular weight excluding hydrogens is 380 g/mol. The molecule has 1 atom stereocenters.